The molecular weight excluding hydrogens is 174 g/mol. The molecule has 2 rings (SSSR count). The van der Waals surface area contributed by atoms with Crippen molar-refractivity contribution in [2.45, 2.75) is 52.2 Å². The van der Waals surface area contributed by atoms with Crippen molar-refractivity contribution in [3.05, 3.63) is 0 Å². The first-order valence-corrected chi connectivity index (χ1v) is 5.88. The summed E-state index contributed by atoms with van der Waals surface area (Å²) in [5.41, 5.74) is 0.503. The van der Waals surface area contributed by atoms with Gasteiger partial charge in [-0.25, -0.2) is 0 Å². The lowest BCUT2D eigenvalue weighted by molar-refractivity contribution is -0.0532. The average molecular weight is 197 g/mol. The van der Waals surface area contributed by atoms with Gasteiger partial charge in [0.05, 0.1) is 6.10 Å². The molecule has 2 aliphatic rings. The molecule has 0 aromatic heterocycles. The number of hydrogen-bond acceptors (Lipinski definition) is 2. The highest BCUT2D eigenvalue weighted by Gasteiger charge is 2.38. The molecule has 2 nitrogen and oxygen atoms in total. The fraction of sp³-hybridized carbons (Fsp3) is 1.00. The third-order valence-corrected chi connectivity index (χ3v) is 3.77. The summed E-state index contributed by atoms with van der Waals surface area (Å²) >= 11 is 0. The van der Waals surface area contributed by atoms with E-state index in [1.54, 1.807) is 0 Å². The predicted octanol–water partition coefficient (Wildman–Crippen LogP) is 1.88. The van der Waals surface area contributed by atoms with Crippen molar-refractivity contribution in [3.8, 4) is 0 Å². The summed E-state index contributed by atoms with van der Waals surface area (Å²) in [4.78, 5) is 2.46. The molecule has 0 spiro atoms. The van der Waals surface area contributed by atoms with E-state index in [0.29, 0.717) is 5.41 Å². The van der Waals surface area contributed by atoms with Gasteiger partial charge in [0.15, 0.2) is 0 Å². The Labute approximate surface area is 87.3 Å². The van der Waals surface area contributed by atoms with Crippen LogP contribution < -0.4 is 0 Å². The Hall–Kier alpha value is -0.0800. The summed E-state index contributed by atoms with van der Waals surface area (Å²) in [6.07, 6.45) is 3.95. The lowest BCUT2D eigenvalue weighted by Crippen LogP contribution is -2.57. The second kappa shape index (κ2) is 3.49. The average Bonchev–Trinajstić information content (AvgIpc) is 1.94. The number of aliphatic hydroxyl groups excluding tert-OH is 1. The first kappa shape index (κ1) is 10.4. The maximum Gasteiger partial charge on any atom is 0.0794 e. The minimum absolute atomic E-state index is 0.0460. The van der Waals surface area contributed by atoms with Gasteiger partial charge in [-0.15, -0.1) is 0 Å². The number of hydrogen-bond donors (Lipinski definition) is 1. The van der Waals surface area contributed by atoms with Crippen LogP contribution in [0.25, 0.3) is 0 Å². The summed E-state index contributed by atoms with van der Waals surface area (Å²) in [5.74, 6) is 0.849. The highest BCUT2D eigenvalue weighted by atomic mass is 16.3. The number of likely N-dealkylation sites (tertiary alicyclic amines) is 1. The first-order valence-electron chi connectivity index (χ1n) is 5.88. The van der Waals surface area contributed by atoms with Crippen LogP contribution in [0.2, 0.25) is 0 Å². The van der Waals surface area contributed by atoms with E-state index in [-0.39, 0.29) is 6.10 Å². The molecule has 0 unspecified atom stereocenters. The van der Waals surface area contributed by atoms with Crippen LogP contribution in [0.15, 0.2) is 0 Å². The van der Waals surface area contributed by atoms with Gasteiger partial charge in [0, 0.05) is 19.1 Å². The van der Waals surface area contributed by atoms with E-state index < -0.39 is 0 Å². The van der Waals surface area contributed by atoms with E-state index in [2.05, 4.69) is 25.7 Å². The maximum atomic E-state index is 9.30. The van der Waals surface area contributed by atoms with Gasteiger partial charge in [-0.1, -0.05) is 20.8 Å². The molecule has 2 heteroatoms. The molecule has 0 bridgehead atoms. The van der Waals surface area contributed by atoms with Crippen molar-refractivity contribution in [1.29, 1.82) is 0 Å². The minimum atomic E-state index is -0.0460. The molecule has 82 valence electrons. The van der Waals surface area contributed by atoms with Gasteiger partial charge in [0.2, 0.25) is 0 Å². The molecule has 0 aromatic carbocycles. The van der Waals surface area contributed by atoms with Crippen LogP contribution in [0, 0.1) is 11.3 Å². The predicted molar refractivity (Wildman–Crippen MR) is 58.2 cm³/mol. The zero-order valence-corrected chi connectivity index (χ0v) is 9.66. The molecule has 2 atom stereocenters. The highest BCUT2D eigenvalue weighted by Crippen LogP contribution is 2.41. The molecule has 1 heterocycles. The molecule has 1 saturated heterocycles. The van der Waals surface area contributed by atoms with Gasteiger partial charge in [-0.2, -0.15) is 0 Å². The Balaban J connectivity index is 1.93. The summed E-state index contributed by atoms with van der Waals surface area (Å²) in [6.45, 7) is 8.95. The van der Waals surface area contributed by atoms with E-state index in [9.17, 15) is 5.11 Å². The molecule has 1 aliphatic heterocycles. The normalized spacial score (nSPS) is 39.4. The van der Waals surface area contributed by atoms with Crippen molar-refractivity contribution in [3.63, 3.8) is 0 Å². The lowest BCUT2D eigenvalue weighted by Gasteiger charge is -2.49. The Morgan fingerprint density at radius 3 is 2.36 bits per heavy atom. The van der Waals surface area contributed by atoms with Crippen LogP contribution >= 0.6 is 0 Å². The van der Waals surface area contributed by atoms with Crippen molar-refractivity contribution < 1.29 is 5.11 Å². The summed E-state index contributed by atoms with van der Waals surface area (Å²) < 4.78 is 0. The monoisotopic (exact) mass is 197 g/mol. The number of aliphatic hydroxyl groups is 1. The molecule has 2 fully saturated rings. The van der Waals surface area contributed by atoms with Crippen LogP contribution in [-0.4, -0.2) is 35.2 Å². The largest absolute Gasteiger partial charge is 0.390 e. The van der Waals surface area contributed by atoms with Crippen molar-refractivity contribution in [1.82, 2.24) is 4.90 Å². The van der Waals surface area contributed by atoms with Gasteiger partial charge in [0.1, 0.15) is 0 Å². The molecule has 0 amide bonds. The Morgan fingerprint density at radius 1 is 1.21 bits per heavy atom. The molecule has 1 saturated carbocycles. The van der Waals surface area contributed by atoms with E-state index in [1.807, 2.05) is 0 Å². The van der Waals surface area contributed by atoms with E-state index >= 15 is 0 Å². The Morgan fingerprint density at radius 2 is 1.86 bits per heavy atom. The minimum Gasteiger partial charge on any atom is -0.390 e. The molecule has 1 aliphatic carbocycles. The summed E-state index contributed by atoms with van der Waals surface area (Å²) in [6, 6.07) is 0.733. The first-order chi connectivity index (χ1) is 6.46. The van der Waals surface area contributed by atoms with Gasteiger partial charge in [-0.05, 0) is 30.6 Å². The maximum absolute atomic E-state index is 9.30. The van der Waals surface area contributed by atoms with Crippen LogP contribution in [0.3, 0.4) is 0 Å². The van der Waals surface area contributed by atoms with E-state index in [1.165, 1.54) is 19.3 Å². The van der Waals surface area contributed by atoms with Gasteiger partial charge < -0.3 is 5.11 Å². The van der Waals surface area contributed by atoms with Gasteiger partial charge in [-0.3, -0.25) is 4.90 Å². The fourth-order valence-corrected chi connectivity index (χ4v) is 3.36. The SMILES string of the molecule is C[C@H]1C[C@@H](N2CC(O)C2)CC(C)(C)C1. The van der Waals surface area contributed by atoms with Gasteiger partial charge in [0.25, 0.3) is 0 Å². The molecule has 14 heavy (non-hydrogen) atoms. The van der Waals surface area contributed by atoms with E-state index in [0.717, 1.165) is 25.0 Å². The zero-order chi connectivity index (χ0) is 10.3. The summed E-state index contributed by atoms with van der Waals surface area (Å²) in [5, 5.41) is 9.30. The van der Waals surface area contributed by atoms with E-state index in [4.69, 9.17) is 0 Å². The second-order valence-electron chi connectivity index (χ2n) is 6.17. The van der Waals surface area contributed by atoms with Crippen LogP contribution in [-0.2, 0) is 0 Å². The van der Waals surface area contributed by atoms with Crippen LogP contribution in [0.1, 0.15) is 40.0 Å². The van der Waals surface area contributed by atoms with Crippen molar-refractivity contribution in [2.75, 3.05) is 13.1 Å². The Bertz CT molecular complexity index is 208. The standard InChI is InChI=1S/C12H23NO/c1-9-4-10(6-12(2,3)5-9)13-7-11(14)8-13/h9-11,14H,4-8H2,1-3H3/t9-,10+/m0/s1. The van der Waals surface area contributed by atoms with Crippen LogP contribution in [0.4, 0.5) is 0 Å². The number of rotatable bonds is 1. The van der Waals surface area contributed by atoms with Crippen molar-refractivity contribution >= 4 is 0 Å². The summed E-state index contributed by atoms with van der Waals surface area (Å²) in [7, 11) is 0. The number of nitrogens with zero attached hydrogens (tertiary/aromatic N) is 1. The molecule has 0 aromatic rings. The second-order valence-corrected chi connectivity index (χ2v) is 6.17. The highest BCUT2D eigenvalue weighted by molar-refractivity contribution is 4.92. The topological polar surface area (TPSA) is 23.5 Å². The quantitative estimate of drug-likeness (QED) is 0.694. The third-order valence-electron chi connectivity index (χ3n) is 3.77. The zero-order valence-electron chi connectivity index (χ0n) is 9.66. The van der Waals surface area contributed by atoms with Crippen molar-refractivity contribution in [2.24, 2.45) is 11.3 Å². The molecular formula is C12H23NO. The Kier molecular flexibility index (Phi) is 2.61. The van der Waals surface area contributed by atoms with Gasteiger partial charge >= 0.3 is 0 Å². The third kappa shape index (κ3) is 2.12. The molecule has 0 radical (unpaired) electrons. The molecule has 1 N–H and O–H groups in total. The fourth-order valence-electron chi connectivity index (χ4n) is 3.36. The smallest absolute Gasteiger partial charge is 0.0794 e. The lowest BCUT2D eigenvalue weighted by atomic mass is 9.70. The van der Waals surface area contributed by atoms with Crippen LogP contribution in [0.5, 0.6) is 0 Å². The number of β-amino-alcohol motifs (C(OH)–C–C–N with tert-alkyl or cyclic N) is 1.